The summed E-state index contributed by atoms with van der Waals surface area (Å²) in [6, 6.07) is 0. The molecule has 16 heavy (non-hydrogen) atoms. The third kappa shape index (κ3) is 10.0. The summed E-state index contributed by atoms with van der Waals surface area (Å²) < 4.78 is 0. The molecule has 0 aliphatic heterocycles. The molecule has 0 heterocycles. The molecule has 94 valence electrons. The molecule has 0 fully saturated rings. The van der Waals surface area contributed by atoms with Crippen molar-refractivity contribution >= 4 is 0 Å². The fourth-order valence-electron chi connectivity index (χ4n) is 1.77. The van der Waals surface area contributed by atoms with Crippen molar-refractivity contribution < 1.29 is 0 Å². The van der Waals surface area contributed by atoms with Crippen molar-refractivity contribution in [1.29, 1.82) is 0 Å². The van der Waals surface area contributed by atoms with Crippen LogP contribution in [0.5, 0.6) is 0 Å². The van der Waals surface area contributed by atoms with Gasteiger partial charge in [0.05, 0.1) is 0 Å². The van der Waals surface area contributed by atoms with Crippen molar-refractivity contribution in [2.45, 2.75) is 72.6 Å². The molecule has 0 spiro atoms. The van der Waals surface area contributed by atoms with Crippen LogP contribution in [0.2, 0.25) is 0 Å². The highest BCUT2D eigenvalue weighted by Gasteiger charge is 1.94. The van der Waals surface area contributed by atoms with Crippen molar-refractivity contribution in [3.8, 4) is 0 Å². The quantitative estimate of drug-likeness (QED) is 0.337. The topological polar surface area (TPSA) is 0 Å². The third-order valence-corrected chi connectivity index (χ3v) is 3.01. The first-order valence-corrected chi connectivity index (χ1v) is 7.04. The molecule has 0 nitrogen and oxygen atoms in total. The minimum Gasteiger partial charge on any atom is -0.0817 e. The van der Waals surface area contributed by atoms with Crippen LogP contribution in [0, 0.1) is 5.92 Å². The van der Waals surface area contributed by atoms with Crippen LogP contribution in [0.15, 0.2) is 23.8 Å². The first kappa shape index (κ1) is 15.5. The van der Waals surface area contributed by atoms with Crippen LogP contribution in [0.4, 0.5) is 0 Å². The second kappa shape index (κ2) is 11.0. The molecule has 0 aliphatic carbocycles. The molecule has 0 amide bonds. The van der Waals surface area contributed by atoms with Crippen LogP contribution in [-0.2, 0) is 0 Å². The highest BCUT2D eigenvalue weighted by molar-refractivity contribution is 5.11. The zero-order valence-corrected chi connectivity index (χ0v) is 11.8. The van der Waals surface area contributed by atoms with Crippen LogP contribution in [0.3, 0.4) is 0 Å². The van der Waals surface area contributed by atoms with E-state index in [0.29, 0.717) is 0 Å². The standard InChI is InChI=1S/C16H30/c1-5-7-9-12-16(4)14-10-13-15(3)11-8-6-2/h10,13-15H,5-9,11-12H2,1-4H3. The van der Waals surface area contributed by atoms with Gasteiger partial charge in [0.25, 0.3) is 0 Å². The van der Waals surface area contributed by atoms with E-state index < -0.39 is 0 Å². The Balaban J connectivity index is 3.72. The molecule has 0 bridgehead atoms. The Morgan fingerprint density at radius 1 is 1.06 bits per heavy atom. The Hall–Kier alpha value is -0.520. The molecular formula is C16H30. The average molecular weight is 222 g/mol. The molecule has 0 aromatic rings. The van der Waals surface area contributed by atoms with Crippen LogP contribution >= 0.6 is 0 Å². The van der Waals surface area contributed by atoms with Crippen molar-refractivity contribution in [3.63, 3.8) is 0 Å². The van der Waals surface area contributed by atoms with E-state index >= 15 is 0 Å². The van der Waals surface area contributed by atoms with Gasteiger partial charge in [-0.1, -0.05) is 70.3 Å². The molecule has 0 N–H and O–H groups in total. The van der Waals surface area contributed by atoms with Gasteiger partial charge in [-0.05, 0) is 32.1 Å². The largest absolute Gasteiger partial charge is 0.0817 e. The van der Waals surface area contributed by atoms with E-state index in [1.54, 1.807) is 0 Å². The molecular weight excluding hydrogens is 192 g/mol. The minimum absolute atomic E-state index is 0.736. The maximum Gasteiger partial charge on any atom is -0.0259 e. The molecule has 0 heteroatoms. The summed E-state index contributed by atoms with van der Waals surface area (Å²) in [5.74, 6) is 0.736. The Labute approximate surface area is 103 Å². The number of allylic oxidation sites excluding steroid dienone is 4. The Bertz CT molecular complexity index is 198. The summed E-state index contributed by atoms with van der Waals surface area (Å²) in [5, 5.41) is 0. The first-order chi connectivity index (χ1) is 7.70. The van der Waals surface area contributed by atoms with Crippen molar-refractivity contribution in [1.82, 2.24) is 0 Å². The molecule has 0 aromatic heterocycles. The van der Waals surface area contributed by atoms with Crippen LogP contribution in [-0.4, -0.2) is 0 Å². The van der Waals surface area contributed by atoms with E-state index in [9.17, 15) is 0 Å². The summed E-state index contributed by atoms with van der Waals surface area (Å²) >= 11 is 0. The van der Waals surface area contributed by atoms with E-state index in [-0.39, 0.29) is 0 Å². The monoisotopic (exact) mass is 222 g/mol. The van der Waals surface area contributed by atoms with Gasteiger partial charge < -0.3 is 0 Å². The minimum atomic E-state index is 0.736. The van der Waals surface area contributed by atoms with Crippen LogP contribution in [0.25, 0.3) is 0 Å². The fraction of sp³-hybridized carbons (Fsp3) is 0.750. The van der Waals surface area contributed by atoms with Gasteiger partial charge in [0.1, 0.15) is 0 Å². The Kier molecular flexibility index (Phi) is 10.6. The summed E-state index contributed by atoms with van der Waals surface area (Å²) in [6.07, 6.45) is 16.2. The van der Waals surface area contributed by atoms with Gasteiger partial charge >= 0.3 is 0 Å². The van der Waals surface area contributed by atoms with Crippen molar-refractivity contribution in [2.75, 3.05) is 0 Å². The highest BCUT2D eigenvalue weighted by atomic mass is 14.0. The van der Waals surface area contributed by atoms with Gasteiger partial charge in [0.2, 0.25) is 0 Å². The van der Waals surface area contributed by atoms with Gasteiger partial charge in [-0.25, -0.2) is 0 Å². The molecule has 0 rings (SSSR count). The molecule has 1 atom stereocenters. The summed E-state index contributed by atoms with van der Waals surface area (Å²) in [6.45, 7) is 9.08. The lowest BCUT2D eigenvalue weighted by molar-refractivity contribution is 0.598. The van der Waals surface area contributed by atoms with Crippen molar-refractivity contribution in [3.05, 3.63) is 23.8 Å². The lowest BCUT2D eigenvalue weighted by Crippen LogP contribution is -1.88. The van der Waals surface area contributed by atoms with E-state index in [4.69, 9.17) is 0 Å². The fourth-order valence-corrected chi connectivity index (χ4v) is 1.77. The molecule has 0 saturated heterocycles. The maximum atomic E-state index is 2.35. The normalized spacial score (nSPS) is 14.6. The summed E-state index contributed by atoms with van der Waals surface area (Å²) in [7, 11) is 0. The van der Waals surface area contributed by atoms with E-state index in [2.05, 4.69) is 45.9 Å². The van der Waals surface area contributed by atoms with Gasteiger partial charge in [0, 0.05) is 0 Å². The zero-order chi connectivity index (χ0) is 12.2. The molecule has 0 saturated carbocycles. The lowest BCUT2D eigenvalue weighted by Gasteiger charge is -2.03. The Morgan fingerprint density at radius 2 is 1.75 bits per heavy atom. The zero-order valence-electron chi connectivity index (χ0n) is 11.8. The van der Waals surface area contributed by atoms with Gasteiger partial charge in [-0.2, -0.15) is 0 Å². The smallest absolute Gasteiger partial charge is 0.0259 e. The summed E-state index contributed by atoms with van der Waals surface area (Å²) in [5.41, 5.74) is 1.52. The number of hydrogen-bond acceptors (Lipinski definition) is 0. The van der Waals surface area contributed by atoms with E-state index in [1.165, 1.54) is 50.5 Å². The van der Waals surface area contributed by atoms with Gasteiger partial charge in [0.15, 0.2) is 0 Å². The molecule has 0 radical (unpaired) electrons. The average Bonchev–Trinajstić information content (AvgIpc) is 2.26. The van der Waals surface area contributed by atoms with Gasteiger partial charge in [-0.3, -0.25) is 0 Å². The SMILES string of the molecule is CCCCCC(C)=CC=CC(C)CCCC. The Morgan fingerprint density at radius 3 is 2.38 bits per heavy atom. The van der Waals surface area contributed by atoms with Gasteiger partial charge in [-0.15, -0.1) is 0 Å². The number of hydrogen-bond donors (Lipinski definition) is 0. The maximum absolute atomic E-state index is 2.35. The van der Waals surface area contributed by atoms with Crippen LogP contribution < -0.4 is 0 Å². The highest BCUT2D eigenvalue weighted by Crippen LogP contribution is 2.11. The number of unbranched alkanes of at least 4 members (excludes halogenated alkanes) is 3. The predicted octanol–water partition coefficient (Wildman–Crippen LogP) is 5.90. The first-order valence-electron chi connectivity index (χ1n) is 7.04. The molecule has 0 aromatic carbocycles. The van der Waals surface area contributed by atoms with Crippen molar-refractivity contribution in [2.24, 2.45) is 5.92 Å². The van der Waals surface area contributed by atoms with E-state index in [0.717, 1.165) is 5.92 Å². The molecule has 1 unspecified atom stereocenters. The predicted molar refractivity (Wildman–Crippen MR) is 75.7 cm³/mol. The summed E-state index contributed by atoms with van der Waals surface area (Å²) in [4.78, 5) is 0. The lowest BCUT2D eigenvalue weighted by atomic mass is 10.0. The second-order valence-electron chi connectivity index (χ2n) is 4.97. The van der Waals surface area contributed by atoms with Crippen LogP contribution in [0.1, 0.15) is 72.6 Å². The second-order valence-corrected chi connectivity index (χ2v) is 4.97. The number of rotatable bonds is 9. The van der Waals surface area contributed by atoms with E-state index in [1.807, 2.05) is 0 Å². The molecule has 0 aliphatic rings. The third-order valence-electron chi connectivity index (χ3n) is 3.01.